The standard InChI is InChI=1S/C34H34ClF8N9O5S/c1-30(2,33(38,39)40)16-32(21-7-4-18(5-8-21)20-13-46-50(14-20)58(3,55)56)27(53)51(28(44)48-32)24(15-57-29(54)49-31(10-11-31)34(41,42)43)19-6-9-22(35)23(12-19)52-26(25(36)37)45-17-47-52/h4,6-7,9,12-14,17,24-25H,5,8,10-11,15-16H2,1-3H3,(H2,44,48)(H,49,54)/t24-,32-/m1/s1. The summed E-state index contributed by atoms with van der Waals surface area (Å²) in [7, 11) is -3.75. The first kappa shape index (κ1) is 42.5. The van der Waals surface area contributed by atoms with Crippen LogP contribution in [0, 0.1) is 5.41 Å². The van der Waals surface area contributed by atoms with Gasteiger partial charge in [0.2, 0.25) is 0 Å². The molecule has 2 atom stereocenters. The van der Waals surface area contributed by atoms with Crippen molar-refractivity contribution in [2.45, 2.75) is 81.8 Å². The number of benzene rings is 1. The van der Waals surface area contributed by atoms with Crippen molar-refractivity contribution in [2.75, 3.05) is 12.9 Å². The molecule has 1 aromatic carbocycles. The van der Waals surface area contributed by atoms with Crippen LogP contribution in [0.5, 0.6) is 0 Å². The fraction of sp³-hybridized carbons (Fsp3) is 0.471. The molecule has 2 amide bonds. The zero-order valence-corrected chi connectivity index (χ0v) is 32.1. The van der Waals surface area contributed by atoms with Crippen LogP contribution in [0.2, 0.25) is 5.02 Å². The van der Waals surface area contributed by atoms with Gasteiger partial charge in [0.05, 0.1) is 40.8 Å². The smallest absolute Gasteiger partial charge is 0.411 e. The van der Waals surface area contributed by atoms with E-state index in [0.29, 0.717) is 15.8 Å². The normalized spacial score (nSPS) is 20.5. The van der Waals surface area contributed by atoms with E-state index >= 15 is 0 Å². The van der Waals surface area contributed by atoms with Gasteiger partial charge >= 0.3 is 18.4 Å². The van der Waals surface area contributed by atoms with Crippen LogP contribution in [0.15, 0.2) is 59.6 Å². The quantitative estimate of drug-likeness (QED) is 0.195. The molecule has 0 saturated heterocycles. The van der Waals surface area contributed by atoms with Gasteiger partial charge < -0.3 is 15.8 Å². The third-order valence-corrected chi connectivity index (χ3v) is 11.4. The minimum atomic E-state index is -4.89. The van der Waals surface area contributed by atoms with Crippen LogP contribution in [0.3, 0.4) is 0 Å². The predicted octanol–water partition coefficient (Wildman–Crippen LogP) is 6.40. The number of nitrogens with two attached hydrogens (primary N) is 1. The first-order chi connectivity index (χ1) is 26.8. The average molecular weight is 868 g/mol. The van der Waals surface area contributed by atoms with Gasteiger partial charge in [-0.15, -0.1) is 0 Å². The molecule has 0 unspecified atom stereocenters. The number of nitrogens with zero attached hydrogens (tertiary/aromatic N) is 7. The van der Waals surface area contributed by atoms with Crippen LogP contribution in [0.1, 0.15) is 75.4 Å². The molecule has 2 aliphatic carbocycles. The lowest BCUT2D eigenvalue weighted by atomic mass is 9.71. The van der Waals surface area contributed by atoms with Crippen LogP contribution >= 0.6 is 11.6 Å². The molecule has 0 radical (unpaired) electrons. The number of halogens is 9. The van der Waals surface area contributed by atoms with Gasteiger partial charge in [-0.1, -0.05) is 43.7 Å². The van der Waals surface area contributed by atoms with Gasteiger partial charge in [-0.25, -0.2) is 36.7 Å². The number of allylic oxidation sites excluding steroid dienone is 3. The van der Waals surface area contributed by atoms with Gasteiger partial charge in [0.15, 0.2) is 17.3 Å². The Morgan fingerprint density at radius 2 is 1.78 bits per heavy atom. The second kappa shape index (κ2) is 14.6. The Hall–Kier alpha value is -5.06. The number of carbonyl (C=O) groups is 2. The average Bonchev–Trinajstić information content (AvgIpc) is 3.43. The van der Waals surface area contributed by atoms with E-state index in [1.54, 1.807) is 5.32 Å². The number of aromatic nitrogens is 5. The Morgan fingerprint density at radius 3 is 2.33 bits per heavy atom. The molecule has 6 rings (SSSR count). The summed E-state index contributed by atoms with van der Waals surface area (Å²) in [5.74, 6) is -2.65. The lowest BCUT2D eigenvalue weighted by Crippen LogP contribution is -2.52. The van der Waals surface area contributed by atoms with E-state index in [-0.39, 0.29) is 34.7 Å². The monoisotopic (exact) mass is 867 g/mol. The number of rotatable bonds is 12. The number of amides is 2. The number of ether oxygens (including phenoxy) is 1. The molecule has 3 heterocycles. The Bertz CT molecular complexity index is 2330. The topological polar surface area (TPSA) is 180 Å². The highest BCUT2D eigenvalue weighted by Gasteiger charge is 2.65. The van der Waals surface area contributed by atoms with Crippen molar-refractivity contribution in [3.8, 4) is 5.69 Å². The first-order valence-electron chi connectivity index (χ1n) is 17.2. The molecule has 2 aromatic heterocycles. The van der Waals surface area contributed by atoms with Crippen molar-refractivity contribution in [1.29, 1.82) is 0 Å². The third kappa shape index (κ3) is 7.88. The zero-order chi connectivity index (χ0) is 42.8. The van der Waals surface area contributed by atoms with E-state index in [4.69, 9.17) is 22.1 Å². The minimum absolute atomic E-state index is 0.0683. The second-order valence-corrected chi connectivity index (χ2v) is 16.9. The number of hydrogen-bond acceptors (Lipinski definition) is 10. The van der Waals surface area contributed by atoms with Crippen molar-refractivity contribution in [3.05, 3.63) is 76.6 Å². The zero-order valence-electron chi connectivity index (χ0n) is 30.6. The molecule has 1 fully saturated rings. The molecule has 14 nitrogen and oxygen atoms in total. The Morgan fingerprint density at radius 1 is 1.09 bits per heavy atom. The largest absolute Gasteiger partial charge is 0.447 e. The van der Waals surface area contributed by atoms with Gasteiger partial charge in [-0.2, -0.15) is 40.6 Å². The van der Waals surface area contributed by atoms with Gasteiger partial charge in [0.25, 0.3) is 22.4 Å². The Balaban J connectivity index is 1.44. The molecule has 3 aliphatic rings. The van der Waals surface area contributed by atoms with E-state index in [1.165, 1.54) is 36.7 Å². The summed E-state index contributed by atoms with van der Waals surface area (Å²) in [6, 6.07) is 1.93. The maximum atomic E-state index is 14.9. The van der Waals surface area contributed by atoms with Gasteiger partial charge in [0, 0.05) is 5.56 Å². The molecule has 0 bridgehead atoms. The number of aliphatic imine (C=N–C) groups is 1. The maximum Gasteiger partial charge on any atom is 0.411 e. The summed E-state index contributed by atoms with van der Waals surface area (Å²) in [6.07, 6.45) is -9.21. The van der Waals surface area contributed by atoms with E-state index in [9.17, 15) is 53.1 Å². The fourth-order valence-electron chi connectivity index (χ4n) is 6.75. The summed E-state index contributed by atoms with van der Waals surface area (Å²) >= 11 is 6.36. The summed E-state index contributed by atoms with van der Waals surface area (Å²) < 4.78 is 143. The van der Waals surface area contributed by atoms with Crippen LogP contribution in [-0.2, 0) is 19.6 Å². The number of guanidine groups is 1. The van der Waals surface area contributed by atoms with Crippen molar-refractivity contribution < 1.29 is 57.9 Å². The Labute approximate surface area is 329 Å². The van der Waals surface area contributed by atoms with Crippen LogP contribution in [-0.4, -0.2) is 91.5 Å². The lowest BCUT2D eigenvalue weighted by molar-refractivity contribution is -0.217. The number of hydrogen-bond donors (Lipinski definition) is 2. The molecule has 314 valence electrons. The van der Waals surface area contributed by atoms with E-state index in [1.807, 2.05) is 0 Å². The summed E-state index contributed by atoms with van der Waals surface area (Å²) in [5.41, 5.74) is -0.470. The molecule has 0 spiro atoms. The van der Waals surface area contributed by atoms with Crippen molar-refractivity contribution in [3.63, 3.8) is 0 Å². The number of alkyl carbamates (subject to hydrolysis) is 1. The second-order valence-electron chi connectivity index (χ2n) is 14.7. The molecule has 3 N–H and O–H groups in total. The predicted molar refractivity (Wildman–Crippen MR) is 190 cm³/mol. The summed E-state index contributed by atoms with van der Waals surface area (Å²) in [4.78, 5) is 36.4. The number of alkyl halides is 8. The molecule has 1 saturated carbocycles. The minimum Gasteiger partial charge on any atom is -0.447 e. The molecule has 1 aliphatic heterocycles. The van der Waals surface area contributed by atoms with Gasteiger partial charge in [-0.05, 0) is 60.9 Å². The molecular weight excluding hydrogens is 834 g/mol. The number of carbonyl (C=O) groups excluding carboxylic acids is 2. The van der Waals surface area contributed by atoms with E-state index in [0.717, 1.165) is 41.5 Å². The highest BCUT2D eigenvalue weighted by Crippen LogP contribution is 2.51. The van der Waals surface area contributed by atoms with Crippen LogP contribution < -0.4 is 11.1 Å². The van der Waals surface area contributed by atoms with Crippen LogP contribution in [0.4, 0.5) is 39.9 Å². The van der Waals surface area contributed by atoms with E-state index < -0.39 is 101 Å². The first-order valence-corrected chi connectivity index (χ1v) is 19.4. The van der Waals surface area contributed by atoms with Crippen LogP contribution in [0.25, 0.3) is 11.3 Å². The number of nitrogens with one attached hydrogen (secondary N) is 1. The maximum absolute atomic E-state index is 14.9. The summed E-state index contributed by atoms with van der Waals surface area (Å²) in [5, 5.41) is 9.22. The fourth-order valence-corrected chi connectivity index (χ4v) is 7.47. The highest BCUT2D eigenvalue weighted by atomic mass is 35.5. The summed E-state index contributed by atoms with van der Waals surface area (Å²) in [6.45, 7) is 0.738. The Kier molecular flexibility index (Phi) is 10.7. The molecule has 24 heteroatoms. The molecule has 3 aromatic rings. The van der Waals surface area contributed by atoms with Crippen molar-refractivity contribution in [1.82, 2.24) is 34.2 Å². The van der Waals surface area contributed by atoms with Crippen molar-refractivity contribution >= 4 is 45.2 Å². The SMILES string of the molecule is CC(C)(C[C@]1(C2=CC=C(c3cnn(S(C)(=O)=O)c3)CC2)N=C(N)N([C@H](COC(=O)NC2(C(F)(F)F)CC2)c2ccc(Cl)c(-n3ncnc3C(F)F)c2)C1=O)C(F)(F)F. The highest BCUT2D eigenvalue weighted by molar-refractivity contribution is 7.89. The molecular formula is C34H34ClF8N9O5S. The van der Waals surface area contributed by atoms with E-state index in [2.05, 4.69) is 20.2 Å². The van der Waals surface area contributed by atoms with Crippen molar-refractivity contribution in [2.24, 2.45) is 16.1 Å². The molecule has 58 heavy (non-hydrogen) atoms. The third-order valence-electron chi connectivity index (χ3n) is 10.2. The lowest BCUT2D eigenvalue weighted by Gasteiger charge is -2.38. The van der Waals surface area contributed by atoms with Gasteiger partial charge in [-0.3, -0.25) is 9.69 Å². The van der Waals surface area contributed by atoms with Gasteiger partial charge in [0.1, 0.15) is 18.5 Å².